The lowest BCUT2D eigenvalue weighted by molar-refractivity contribution is 1.12. The fourth-order valence-electron chi connectivity index (χ4n) is 1.80. The molecule has 0 saturated heterocycles. The lowest BCUT2D eigenvalue weighted by Gasteiger charge is -1.92. The Kier molecular flexibility index (Phi) is 6.20. The zero-order valence-corrected chi connectivity index (χ0v) is 14.0. The summed E-state index contributed by atoms with van der Waals surface area (Å²) in [5.74, 6) is 0. The fraction of sp³-hybridized carbons (Fsp3) is 0.200. The minimum absolute atomic E-state index is 0.428. The van der Waals surface area contributed by atoms with Gasteiger partial charge >= 0.3 is 0 Å². The van der Waals surface area contributed by atoms with Crippen LogP contribution in [0.3, 0.4) is 0 Å². The van der Waals surface area contributed by atoms with Crippen LogP contribution in [0.1, 0.15) is 6.42 Å². The van der Waals surface area contributed by atoms with Crippen LogP contribution in [0.5, 0.6) is 0 Å². The van der Waals surface area contributed by atoms with Crippen molar-refractivity contribution in [2.75, 3.05) is 12.3 Å². The standard InChI is InChI=1S/C15H16P2S2/c18-16(14-8-3-1-4-9-14)12-7-13-17(19)15-10-5-2-6-11-15/h1-6,8-11H,7,12-13H2/q+2. The maximum Gasteiger partial charge on any atom is 0.212 e. The molecule has 0 aliphatic heterocycles. The summed E-state index contributed by atoms with van der Waals surface area (Å²) in [7, 11) is 0. The van der Waals surface area contributed by atoms with Gasteiger partial charge in [0.25, 0.3) is 0 Å². The van der Waals surface area contributed by atoms with Gasteiger partial charge in [0.1, 0.15) is 12.3 Å². The number of hydrogen-bond acceptors (Lipinski definition) is 2. The van der Waals surface area contributed by atoms with Crippen LogP contribution >= 0.6 is 13.4 Å². The zero-order chi connectivity index (χ0) is 13.5. The normalized spacial score (nSPS) is 12.0. The fourth-order valence-corrected chi connectivity index (χ4v) is 5.98. The van der Waals surface area contributed by atoms with Crippen molar-refractivity contribution in [3.05, 3.63) is 60.7 Å². The van der Waals surface area contributed by atoms with E-state index in [1.54, 1.807) is 0 Å². The Balaban J connectivity index is 1.81. The minimum Gasteiger partial charge on any atom is -0.0619 e. The second-order valence-corrected chi connectivity index (χ2v) is 10.3. The first-order chi connectivity index (χ1) is 9.27. The summed E-state index contributed by atoms with van der Waals surface area (Å²) < 4.78 is 0. The minimum atomic E-state index is -0.428. The Morgan fingerprint density at radius 3 is 1.37 bits per heavy atom. The molecule has 2 aromatic carbocycles. The van der Waals surface area contributed by atoms with Gasteiger partial charge in [-0.25, -0.2) is 0 Å². The Morgan fingerprint density at radius 2 is 1.00 bits per heavy atom. The molecule has 0 radical (unpaired) electrons. The second kappa shape index (κ2) is 7.92. The van der Waals surface area contributed by atoms with E-state index in [1.807, 2.05) is 12.1 Å². The van der Waals surface area contributed by atoms with Crippen LogP contribution in [0.15, 0.2) is 60.7 Å². The van der Waals surface area contributed by atoms with Crippen LogP contribution in [-0.4, -0.2) is 12.3 Å². The molecule has 2 rings (SSSR count). The maximum absolute atomic E-state index is 5.61. The molecule has 2 aromatic rings. The molecule has 96 valence electrons. The monoisotopic (exact) mass is 322 g/mol. The van der Waals surface area contributed by atoms with Gasteiger partial charge in [0.05, 0.1) is 0 Å². The number of rotatable bonds is 6. The molecule has 0 nitrogen and oxygen atoms in total. The Bertz CT molecular complexity index is 501. The van der Waals surface area contributed by atoms with Crippen LogP contribution in [0.2, 0.25) is 0 Å². The zero-order valence-electron chi connectivity index (χ0n) is 10.6. The average Bonchev–Trinajstić information content (AvgIpc) is 2.49. The highest BCUT2D eigenvalue weighted by Crippen LogP contribution is 2.26. The van der Waals surface area contributed by atoms with Gasteiger partial charge in [0, 0.05) is 6.42 Å². The largest absolute Gasteiger partial charge is 0.212 e. The van der Waals surface area contributed by atoms with Crippen molar-refractivity contribution in [1.29, 1.82) is 0 Å². The number of hydrogen-bond donors (Lipinski definition) is 0. The third-order valence-corrected chi connectivity index (χ3v) is 8.36. The summed E-state index contributed by atoms with van der Waals surface area (Å²) in [6.45, 7) is -0.856. The summed E-state index contributed by atoms with van der Waals surface area (Å²) in [6, 6.07) is 20.9. The first-order valence-corrected chi connectivity index (χ1v) is 11.3. The third-order valence-electron chi connectivity index (χ3n) is 2.81. The van der Waals surface area contributed by atoms with Crippen LogP contribution < -0.4 is 10.6 Å². The highest BCUT2D eigenvalue weighted by Gasteiger charge is 2.18. The van der Waals surface area contributed by atoms with Gasteiger partial charge in [-0.2, -0.15) is 0 Å². The first kappa shape index (κ1) is 14.9. The molecule has 0 aliphatic carbocycles. The average molecular weight is 322 g/mol. The van der Waals surface area contributed by atoms with Crippen molar-refractivity contribution in [2.45, 2.75) is 6.42 Å². The maximum atomic E-state index is 5.61. The Morgan fingerprint density at radius 1 is 0.632 bits per heavy atom. The molecular weight excluding hydrogens is 306 g/mol. The van der Waals surface area contributed by atoms with E-state index in [0.29, 0.717) is 0 Å². The molecular formula is C15H16P2S2+2. The molecule has 0 amide bonds. The van der Waals surface area contributed by atoms with E-state index in [4.69, 9.17) is 23.6 Å². The lowest BCUT2D eigenvalue weighted by Crippen LogP contribution is -2.00. The van der Waals surface area contributed by atoms with E-state index in [1.165, 1.54) is 10.6 Å². The van der Waals surface area contributed by atoms with Gasteiger partial charge in [0.15, 0.2) is 34.2 Å². The molecule has 0 fully saturated rings. The van der Waals surface area contributed by atoms with E-state index in [2.05, 4.69) is 48.5 Å². The number of benzene rings is 2. The van der Waals surface area contributed by atoms with E-state index in [0.717, 1.165) is 18.7 Å². The van der Waals surface area contributed by atoms with E-state index in [-0.39, 0.29) is 0 Å². The van der Waals surface area contributed by atoms with Crippen molar-refractivity contribution in [3.63, 3.8) is 0 Å². The molecule has 0 N–H and O–H groups in total. The van der Waals surface area contributed by atoms with Crippen molar-refractivity contribution < 1.29 is 0 Å². The van der Waals surface area contributed by atoms with Crippen molar-refractivity contribution >= 4 is 47.6 Å². The van der Waals surface area contributed by atoms with Gasteiger partial charge in [0.2, 0.25) is 13.4 Å². The quantitative estimate of drug-likeness (QED) is 0.740. The first-order valence-electron chi connectivity index (χ1n) is 6.27. The molecule has 0 bridgehead atoms. The van der Waals surface area contributed by atoms with Crippen LogP contribution in [0.25, 0.3) is 0 Å². The molecule has 4 heteroatoms. The SMILES string of the molecule is S=[P+](CCC[P+](=S)c1ccccc1)c1ccccc1. The predicted octanol–water partition coefficient (Wildman–Crippen LogP) is 3.92. The van der Waals surface area contributed by atoms with Gasteiger partial charge in [-0.3, -0.25) is 0 Å². The lowest BCUT2D eigenvalue weighted by atomic mass is 10.4. The highest BCUT2D eigenvalue weighted by molar-refractivity contribution is 8.09. The van der Waals surface area contributed by atoms with E-state index >= 15 is 0 Å². The smallest absolute Gasteiger partial charge is 0.0619 e. The highest BCUT2D eigenvalue weighted by atomic mass is 32.4. The molecule has 19 heavy (non-hydrogen) atoms. The summed E-state index contributed by atoms with van der Waals surface area (Å²) >= 11 is 11.2. The molecule has 0 saturated carbocycles. The molecule has 0 spiro atoms. The second-order valence-electron chi connectivity index (χ2n) is 4.23. The molecule has 2 atom stereocenters. The van der Waals surface area contributed by atoms with Gasteiger partial charge in [-0.05, 0) is 24.3 Å². The summed E-state index contributed by atoms with van der Waals surface area (Å²) in [4.78, 5) is 0. The summed E-state index contributed by atoms with van der Waals surface area (Å²) in [5.41, 5.74) is 0. The summed E-state index contributed by atoms with van der Waals surface area (Å²) in [6.07, 6.45) is 3.36. The van der Waals surface area contributed by atoms with E-state index < -0.39 is 13.4 Å². The Labute approximate surface area is 127 Å². The molecule has 0 aliphatic rings. The molecule has 2 unspecified atom stereocenters. The van der Waals surface area contributed by atoms with Gasteiger partial charge in [-0.15, -0.1) is 0 Å². The van der Waals surface area contributed by atoms with Crippen LogP contribution in [0, 0.1) is 0 Å². The van der Waals surface area contributed by atoms with Crippen molar-refractivity contribution in [3.8, 4) is 0 Å². The molecule has 0 aromatic heterocycles. The third kappa shape index (κ3) is 4.82. The summed E-state index contributed by atoms with van der Waals surface area (Å²) in [5, 5.41) is 2.64. The van der Waals surface area contributed by atoms with Gasteiger partial charge in [-0.1, -0.05) is 36.4 Å². The van der Waals surface area contributed by atoms with E-state index in [9.17, 15) is 0 Å². The van der Waals surface area contributed by atoms with Crippen LogP contribution in [0.4, 0.5) is 0 Å². The van der Waals surface area contributed by atoms with Crippen molar-refractivity contribution in [1.82, 2.24) is 0 Å². The van der Waals surface area contributed by atoms with Crippen LogP contribution in [-0.2, 0) is 23.6 Å². The predicted molar refractivity (Wildman–Crippen MR) is 95.1 cm³/mol. The topological polar surface area (TPSA) is 0 Å². The Hall–Kier alpha value is -0.520. The molecule has 0 heterocycles. The van der Waals surface area contributed by atoms with Gasteiger partial charge < -0.3 is 0 Å². The van der Waals surface area contributed by atoms with Crippen molar-refractivity contribution in [2.24, 2.45) is 0 Å².